The molecule has 8 heteroatoms. The van der Waals surface area contributed by atoms with E-state index in [1.165, 1.54) is 6.07 Å². The standard InChI is InChI=1S/C13H18BrNO6/c1-18-4-5-19-6-7-20-8-9-21-13-3-2-11(14)10-12(13)15(16)17/h2-3,10H,4-9H2,1H3. The number of hydrogen-bond acceptors (Lipinski definition) is 6. The van der Waals surface area contributed by atoms with Gasteiger partial charge in [0, 0.05) is 17.6 Å². The summed E-state index contributed by atoms with van der Waals surface area (Å²) in [5.41, 5.74) is -0.0766. The highest BCUT2D eigenvalue weighted by Crippen LogP contribution is 2.29. The summed E-state index contributed by atoms with van der Waals surface area (Å²) in [5, 5.41) is 10.9. The lowest BCUT2D eigenvalue weighted by atomic mass is 10.3. The van der Waals surface area contributed by atoms with Gasteiger partial charge in [0.15, 0.2) is 5.75 Å². The molecule has 0 aliphatic carbocycles. The van der Waals surface area contributed by atoms with Crippen LogP contribution in [0.3, 0.4) is 0 Å². The molecule has 0 aromatic heterocycles. The first-order valence-corrected chi connectivity index (χ1v) is 7.15. The molecule has 1 aromatic rings. The molecule has 0 atom stereocenters. The summed E-state index contributed by atoms with van der Waals surface area (Å²) in [4.78, 5) is 10.4. The number of benzene rings is 1. The Labute approximate surface area is 131 Å². The van der Waals surface area contributed by atoms with Gasteiger partial charge in [-0.05, 0) is 12.1 Å². The number of nitro benzene ring substituents is 1. The van der Waals surface area contributed by atoms with E-state index in [1.54, 1.807) is 19.2 Å². The third kappa shape index (κ3) is 7.37. The second-order valence-corrected chi connectivity index (χ2v) is 4.85. The summed E-state index contributed by atoms with van der Waals surface area (Å²) < 4.78 is 21.3. The van der Waals surface area contributed by atoms with E-state index < -0.39 is 4.92 Å². The van der Waals surface area contributed by atoms with Crippen molar-refractivity contribution in [3.8, 4) is 5.75 Å². The van der Waals surface area contributed by atoms with Crippen LogP contribution in [0, 0.1) is 10.1 Å². The summed E-state index contributed by atoms with van der Waals surface area (Å²) in [5.74, 6) is 0.225. The van der Waals surface area contributed by atoms with Crippen LogP contribution in [0.25, 0.3) is 0 Å². The van der Waals surface area contributed by atoms with E-state index >= 15 is 0 Å². The van der Waals surface area contributed by atoms with Gasteiger partial charge in [0.1, 0.15) is 6.61 Å². The van der Waals surface area contributed by atoms with Crippen molar-refractivity contribution >= 4 is 21.6 Å². The minimum atomic E-state index is -0.482. The van der Waals surface area contributed by atoms with Crippen molar-refractivity contribution in [2.75, 3.05) is 46.8 Å². The molecule has 0 unspecified atom stereocenters. The first kappa shape index (κ1) is 17.8. The van der Waals surface area contributed by atoms with Crippen LogP contribution >= 0.6 is 15.9 Å². The van der Waals surface area contributed by atoms with E-state index in [2.05, 4.69) is 15.9 Å². The second kappa shape index (κ2) is 10.5. The van der Waals surface area contributed by atoms with Crippen LogP contribution in [0.1, 0.15) is 0 Å². The van der Waals surface area contributed by atoms with Crippen molar-refractivity contribution < 1.29 is 23.9 Å². The Morgan fingerprint density at radius 3 is 2.33 bits per heavy atom. The van der Waals surface area contributed by atoms with Crippen molar-refractivity contribution in [3.63, 3.8) is 0 Å². The Hall–Kier alpha value is -1.22. The fourth-order valence-electron chi connectivity index (χ4n) is 1.43. The van der Waals surface area contributed by atoms with Gasteiger partial charge in [0.2, 0.25) is 0 Å². The maximum absolute atomic E-state index is 10.9. The van der Waals surface area contributed by atoms with E-state index in [-0.39, 0.29) is 18.0 Å². The van der Waals surface area contributed by atoms with Crippen molar-refractivity contribution in [3.05, 3.63) is 32.8 Å². The van der Waals surface area contributed by atoms with Gasteiger partial charge >= 0.3 is 5.69 Å². The van der Waals surface area contributed by atoms with Gasteiger partial charge in [0.05, 0.1) is 38.0 Å². The smallest absolute Gasteiger partial charge is 0.312 e. The highest BCUT2D eigenvalue weighted by Gasteiger charge is 2.15. The molecule has 0 aliphatic heterocycles. The number of hydrogen-bond donors (Lipinski definition) is 0. The average Bonchev–Trinajstić information content (AvgIpc) is 2.46. The Morgan fingerprint density at radius 1 is 1.10 bits per heavy atom. The molecule has 1 rings (SSSR count). The van der Waals surface area contributed by atoms with Gasteiger partial charge in [-0.15, -0.1) is 0 Å². The number of halogens is 1. The minimum Gasteiger partial charge on any atom is -0.484 e. The Balaban J connectivity index is 2.20. The first-order chi connectivity index (χ1) is 10.1. The summed E-state index contributed by atoms with van der Waals surface area (Å²) in [6, 6.07) is 4.64. The summed E-state index contributed by atoms with van der Waals surface area (Å²) in [6.45, 7) is 2.57. The third-order valence-corrected chi connectivity index (χ3v) is 2.90. The average molecular weight is 364 g/mol. The zero-order chi connectivity index (χ0) is 15.5. The Kier molecular flexibility index (Phi) is 8.91. The molecule has 0 spiro atoms. The Morgan fingerprint density at radius 2 is 1.71 bits per heavy atom. The van der Waals surface area contributed by atoms with Crippen LogP contribution in [-0.2, 0) is 14.2 Å². The van der Waals surface area contributed by atoms with Gasteiger partial charge in [0.25, 0.3) is 0 Å². The van der Waals surface area contributed by atoms with E-state index in [9.17, 15) is 10.1 Å². The third-order valence-electron chi connectivity index (χ3n) is 2.41. The molecule has 0 aliphatic rings. The lowest BCUT2D eigenvalue weighted by Gasteiger charge is -2.08. The zero-order valence-electron chi connectivity index (χ0n) is 11.7. The molecule has 0 amide bonds. The Bertz CT molecular complexity index is 443. The second-order valence-electron chi connectivity index (χ2n) is 3.94. The highest BCUT2D eigenvalue weighted by molar-refractivity contribution is 9.10. The van der Waals surface area contributed by atoms with Gasteiger partial charge < -0.3 is 18.9 Å². The van der Waals surface area contributed by atoms with Crippen LogP contribution in [0.4, 0.5) is 5.69 Å². The van der Waals surface area contributed by atoms with Gasteiger partial charge in [-0.1, -0.05) is 15.9 Å². The molecule has 7 nitrogen and oxygen atoms in total. The van der Waals surface area contributed by atoms with Crippen LogP contribution in [-0.4, -0.2) is 51.7 Å². The van der Waals surface area contributed by atoms with Crippen LogP contribution in [0.15, 0.2) is 22.7 Å². The van der Waals surface area contributed by atoms with Crippen LogP contribution < -0.4 is 4.74 Å². The van der Waals surface area contributed by atoms with Crippen LogP contribution in [0.5, 0.6) is 5.75 Å². The van der Waals surface area contributed by atoms with E-state index in [1.807, 2.05) is 0 Å². The molecule has 0 heterocycles. The maximum atomic E-state index is 10.9. The van der Waals surface area contributed by atoms with Crippen molar-refractivity contribution in [2.45, 2.75) is 0 Å². The topological polar surface area (TPSA) is 80.1 Å². The number of rotatable bonds is 11. The lowest BCUT2D eigenvalue weighted by Crippen LogP contribution is -2.12. The molecule has 0 radical (unpaired) electrons. The molecule has 0 saturated carbocycles. The van der Waals surface area contributed by atoms with Crippen molar-refractivity contribution in [1.29, 1.82) is 0 Å². The van der Waals surface area contributed by atoms with E-state index in [0.29, 0.717) is 37.5 Å². The molecule has 21 heavy (non-hydrogen) atoms. The molecule has 0 bridgehead atoms. The van der Waals surface area contributed by atoms with Gasteiger partial charge in [-0.25, -0.2) is 0 Å². The quantitative estimate of drug-likeness (QED) is 0.341. The molecule has 0 fully saturated rings. The van der Waals surface area contributed by atoms with Gasteiger partial charge in [-0.3, -0.25) is 10.1 Å². The number of nitrogens with zero attached hydrogens (tertiary/aromatic N) is 1. The van der Waals surface area contributed by atoms with Crippen LogP contribution in [0.2, 0.25) is 0 Å². The summed E-state index contributed by atoms with van der Waals surface area (Å²) >= 11 is 3.19. The predicted molar refractivity (Wildman–Crippen MR) is 79.8 cm³/mol. The molecular weight excluding hydrogens is 346 g/mol. The molecule has 1 aromatic carbocycles. The lowest BCUT2D eigenvalue weighted by molar-refractivity contribution is -0.386. The first-order valence-electron chi connectivity index (χ1n) is 6.36. The van der Waals surface area contributed by atoms with E-state index in [0.717, 1.165) is 0 Å². The fourth-order valence-corrected chi connectivity index (χ4v) is 1.78. The number of methoxy groups -OCH3 is 1. The fraction of sp³-hybridized carbons (Fsp3) is 0.538. The minimum absolute atomic E-state index is 0.0766. The summed E-state index contributed by atoms with van der Waals surface area (Å²) in [7, 11) is 1.61. The monoisotopic (exact) mass is 363 g/mol. The van der Waals surface area contributed by atoms with Crippen molar-refractivity contribution in [2.24, 2.45) is 0 Å². The predicted octanol–water partition coefficient (Wildman–Crippen LogP) is 2.42. The largest absolute Gasteiger partial charge is 0.484 e. The maximum Gasteiger partial charge on any atom is 0.312 e. The number of nitro groups is 1. The summed E-state index contributed by atoms with van der Waals surface area (Å²) in [6.07, 6.45) is 0. The van der Waals surface area contributed by atoms with Gasteiger partial charge in [-0.2, -0.15) is 0 Å². The SMILES string of the molecule is COCCOCCOCCOc1ccc(Br)cc1[N+](=O)[O-]. The van der Waals surface area contributed by atoms with E-state index in [4.69, 9.17) is 18.9 Å². The molecular formula is C13H18BrNO6. The molecule has 0 N–H and O–H groups in total. The number of ether oxygens (including phenoxy) is 4. The zero-order valence-corrected chi connectivity index (χ0v) is 13.3. The van der Waals surface area contributed by atoms with Crippen molar-refractivity contribution in [1.82, 2.24) is 0 Å². The molecule has 0 saturated heterocycles. The normalized spacial score (nSPS) is 10.6. The molecule has 118 valence electrons. The highest BCUT2D eigenvalue weighted by atomic mass is 79.9.